The molecule has 0 aromatic heterocycles. The number of aromatic hydroxyl groups is 1. The van der Waals surface area contributed by atoms with Crippen molar-refractivity contribution in [1.82, 2.24) is 5.32 Å². The van der Waals surface area contributed by atoms with E-state index in [-0.39, 0.29) is 11.7 Å². The molecule has 0 heterocycles. The van der Waals surface area contributed by atoms with Gasteiger partial charge in [0.25, 0.3) is 0 Å². The molecular weight excluding hydrogens is 260 g/mol. The highest BCUT2D eigenvalue weighted by molar-refractivity contribution is 9.10. The summed E-state index contributed by atoms with van der Waals surface area (Å²) in [7, 11) is 0. The summed E-state index contributed by atoms with van der Waals surface area (Å²) in [6.45, 7) is 2.03. The molecule has 0 saturated carbocycles. The molecular formula is C10H13BrN2O2. The monoisotopic (exact) mass is 272 g/mol. The fraction of sp³-hybridized carbons (Fsp3) is 0.300. The Morgan fingerprint density at radius 1 is 1.67 bits per heavy atom. The van der Waals surface area contributed by atoms with E-state index in [9.17, 15) is 9.90 Å². The predicted molar refractivity (Wildman–Crippen MR) is 61.3 cm³/mol. The number of phenols is 1. The molecule has 1 aromatic rings. The molecule has 0 radical (unpaired) electrons. The van der Waals surface area contributed by atoms with E-state index in [4.69, 9.17) is 5.73 Å². The van der Waals surface area contributed by atoms with E-state index in [2.05, 4.69) is 21.2 Å². The first-order valence-corrected chi connectivity index (χ1v) is 5.30. The van der Waals surface area contributed by atoms with Crippen molar-refractivity contribution in [3.63, 3.8) is 0 Å². The minimum absolute atomic E-state index is 0.178. The van der Waals surface area contributed by atoms with Crippen molar-refractivity contribution in [3.8, 4) is 5.75 Å². The molecule has 1 unspecified atom stereocenters. The second kappa shape index (κ2) is 5.14. The Kier molecular flexibility index (Phi) is 4.11. The van der Waals surface area contributed by atoms with E-state index in [1.807, 2.05) is 0 Å². The van der Waals surface area contributed by atoms with Crippen LogP contribution in [-0.2, 0) is 11.3 Å². The molecule has 0 aliphatic rings. The van der Waals surface area contributed by atoms with E-state index in [1.165, 1.54) is 0 Å². The van der Waals surface area contributed by atoms with Crippen molar-refractivity contribution < 1.29 is 9.90 Å². The first-order valence-electron chi connectivity index (χ1n) is 4.51. The first-order chi connectivity index (χ1) is 7.00. The third-order valence-electron chi connectivity index (χ3n) is 1.89. The van der Waals surface area contributed by atoms with E-state index in [1.54, 1.807) is 25.1 Å². The van der Waals surface area contributed by atoms with Gasteiger partial charge in [-0.15, -0.1) is 0 Å². The lowest BCUT2D eigenvalue weighted by atomic mass is 10.2. The van der Waals surface area contributed by atoms with Crippen molar-refractivity contribution in [2.24, 2.45) is 5.73 Å². The molecule has 1 atom stereocenters. The van der Waals surface area contributed by atoms with Crippen LogP contribution in [0.3, 0.4) is 0 Å². The van der Waals surface area contributed by atoms with Gasteiger partial charge in [-0.2, -0.15) is 0 Å². The number of carbonyl (C=O) groups excluding carboxylic acids is 1. The maximum absolute atomic E-state index is 11.2. The normalized spacial score (nSPS) is 12.2. The van der Waals surface area contributed by atoms with Gasteiger partial charge in [-0.1, -0.05) is 6.07 Å². The third kappa shape index (κ3) is 3.53. The molecule has 1 rings (SSSR count). The SMILES string of the molecule is CC(N)C(=O)NCc1ccc(O)c(Br)c1. The number of hydrogen-bond donors (Lipinski definition) is 3. The maximum atomic E-state index is 11.2. The fourth-order valence-corrected chi connectivity index (χ4v) is 1.44. The van der Waals surface area contributed by atoms with Gasteiger partial charge in [-0.25, -0.2) is 0 Å². The zero-order chi connectivity index (χ0) is 11.4. The number of nitrogens with one attached hydrogen (secondary N) is 1. The van der Waals surface area contributed by atoms with Crippen LogP contribution < -0.4 is 11.1 Å². The van der Waals surface area contributed by atoms with Crippen LogP contribution >= 0.6 is 15.9 Å². The number of amides is 1. The van der Waals surface area contributed by atoms with Gasteiger partial charge in [0.15, 0.2) is 0 Å². The number of benzene rings is 1. The fourth-order valence-electron chi connectivity index (χ4n) is 1.01. The molecule has 82 valence electrons. The molecule has 1 amide bonds. The van der Waals surface area contributed by atoms with Crippen LogP contribution in [-0.4, -0.2) is 17.1 Å². The number of halogens is 1. The Bertz CT molecular complexity index is 366. The number of rotatable bonds is 3. The summed E-state index contributed by atoms with van der Waals surface area (Å²) in [5.74, 6) is -0.0172. The van der Waals surface area contributed by atoms with Gasteiger partial charge < -0.3 is 16.2 Å². The zero-order valence-corrected chi connectivity index (χ0v) is 9.91. The van der Waals surface area contributed by atoms with Gasteiger partial charge in [0.1, 0.15) is 5.75 Å². The Morgan fingerprint density at radius 3 is 2.87 bits per heavy atom. The highest BCUT2D eigenvalue weighted by atomic mass is 79.9. The molecule has 4 N–H and O–H groups in total. The summed E-state index contributed by atoms with van der Waals surface area (Å²) in [4.78, 5) is 11.2. The number of hydrogen-bond acceptors (Lipinski definition) is 3. The van der Waals surface area contributed by atoms with E-state index in [0.29, 0.717) is 11.0 Å². The van der Waals surface area contributed by atoms with Crippen LogP contribution in [0.25, 0.3) is 0 Å². The summed E-state index contributed by atoms with van der Waals surface area (Å²) >= 11 is 3.19. The predicted octanol–water partition coefficient (Wildman–Crippen LogP) is 1.12. The van der Waals surface area contributed by atoms with Gasteiger partial charge in [0.2, 0.25) is 5.91 Å². The van der Waals surface area contributed by atoms with Crippen molar-refractivity contribution in [2.75, 3.05) is 0 Å². The summed E-state index contributed by atoms with van der Waals surface area (Å²) in [6.07, 6.45) is 0. The van der Waals surface area contributed by atoms with Gasteiger partial charge in [-0.05, 0) is 40.5 Å². The lowest BCUT2D eigenvalue weighted by Gasteiger charge is -2.08. The highest BCUT2D eigenvalue weighted by Gasteiger charge is 2.06. The van der Waals surface area contributed by atoms with E-state index in [0.717, 1.165) is 5.56 Å². The topological polar surface area (TPSA) is 75.4 Å². The second-order valence-corrected chi connectivity index (χ2v) is 4.15. The summed E-state index contributed by atoms with van der Waals surface area (Å²) in [5.41, 5.74) is 6.29. The van der Waals surface area contributed by atoms with E-state index >= 15 is 0 Å². The summed E-state index contributed by atoms with van der Waals surface area (Å²) in [5, 5.41) is 11.9. The van der Waals surface area contributed by atoms with Crippen LogP contribution in [0.5, 0.6) is 5.75 Å². The van der Waals surface area contributed by atoms with Crippen LogP contribution in [0.2, 0.25) is 0 Å². The molecule has 0 bridgehead atoms. The summed E-state index contributed by atoms with van der Waals surface area (Å²) in [6, 6.07) is 4.54. The average molecular weight is 273 g/mol. The lowest BCUT2D eigenvalue weighted by molar-refractivity contribution is -0.122. The quantitative estimate of drug-likeness (QED) is 0.772. The Balaban J connectivity index is 2.58. The Labute approximate surface area is 96.6 Å². The molecule has 0 aliphatic heterocycles. The maximum Gasteiger partial charge on any atom is 0.236 e. The van der Waals surface area contributed by atoms with Gasteiger partial charge >= 0.3 is 0 Å². The molecule has 1 aromatic carbocycles. The second-order valence-electron chi connectivity index (χ2n) is 3.29. The molecule has 15 heavy (non-hydrogen) atoms. The smallest absolute Gasteiger partial charge is 0.236 e. The van der Waals surface area contributed by atoms with Crippen molar-refractivity contribution in [1.29, 1.82) is 0 Å². The lowest BCUT2D eigenvalue weighted by Crippen LogP contribution is -2.37. The third-order valence-corrected chi connectivity index (χ3v) is 2.53. The van der Waals surface area contributed by atoms with Crippen molar-refractivity contribution >= 4 is 21.8 Å². The molecule has 0 saturated heterocycles. The van der Waals surface area contributed by atoms with Gasteiger partial charge in [0.05, 0.1) is 10.5 Å². The Hall–Kier alpha value is -1.07. The van der Waals surface area contributed by atoms with Crippen molar-refractivity contribution in [3.05, 3.63) is 28.2 Å². The Morgan fingerprint density at radius 2 is 2.33 bits per heavy atom. The number of carbonyl (C=O) groups is 1. The average Bonchev–Trinajstić information content (AvgIpc) is 2.19. The van der Waals surface area contributed by atoms with Crippen LogP contribution in [0, 0.1) is 0 Å². The molecule has 5 heteroatoms. The van der Waals surface area contributed by atoms with Gasteiger partial charge in [0, 0.05) is 6.54 Å². The van der Waals surface area contributed by atoms with Crippen molar-refractivity contribution in [2.45, 2.75) is 19.5 Å². The zero-order valence-electron chi connectivity index (χ0n) is 8.33. The number of nitrogens with two attached hydrogens (primary N) is 1. The highest BCUT2D eigenvalue weighted by Crippen LogP contribution is 2.24. The minimum Gasteiger partial charge on any atom is -0.507 e. The molecule has 4 nitrogen and oxygen atoms in total. The number of phenolic OH excluding ortho intramolecular Hbond substituents is 1. The standard InChI is InChI=1S/C10H13BrN2O2/c1-6(12)10(15)13-5-7-2-3-9(14)8(11)4-7/h2-4,6,14H,5,12H2,1H3,(H,13,15). The van der Waals surface area contributed by atoms with Gasteiger partial charge in [-0.3, -0.25) is 4.79 Å². The molecule has 0 spiro atoms. The van der Waals surface area contributed by atoms with Crippen LogP contribution in [0.4, 0.5) is 0 Å². The largest absolute Gasteiger partial charge is 0.507 e. The molecule has 0 aliphatic carbocycles. The van der Waals surface area contributed by atoms with Crippen LogP contribution in [0.1, 0.15) is 12.5 Å². The first kappa shape index (κ1) is 12.0. The minimum atomic E-state index is -0.509. The van der Waals surface area contributed by atoms with E-state index < -0.39 is 6.04 Å². The summed E-state index contributed by atoms with van der Waals surface area (Å²) < 4.78 is 0.607. The van der Waals surface area contributed by atoms with Crippen LogP contribution in [0.15, 0.2) is 22.7 Å². The molecule has 0 fully saturated rings.